The van der Waals surface area contributed by atoms with Gasteiger partial charge < -0.3 is 15.8 Å². The third-order valence-corrected chi connectivity index (χ3v) is 2.93. The smallest absolute Gasteiger partial charge is 0.253 e. The van der Waals surface area contributed by atoms with Crippen LogP contribution >= 0.6 is 0 Å². The van der Waals surface area contributed by atoms with E-state index in [1.165, 1.54) is 0 Å². The number of ether oxygens (including phenoxy) is 1. The maximum absolute atomic E-state index is 11.9. The van der Waals surface area contributed by atoms with Crippen LogP contribution < -0.4 is 11.1 Å². The van der Waals surface area contributed by atoms with Gasteiger partial charge >= 0.3 is 0 Å². The van der Waals surface area contributed by atoms with E-state index in [0.717, 1.165) is 24.2 Å². The standard InChI is InChI=1S/C12H17N3O2/c1-8-10(3-2-6-14-8)15-12(16)11-5-4-9(7-13)17-11/h2-3,6,9,11H,4-5,7,13H2,1H3,(H,15,16)/t9-,11+/m1/s1. The molecule has 2 rings (SSSR count). The number of nitrogens with one attached hydrogen (secondary N) is 1. The van der Waals surface area contributed by atoms with Gasteiger partial charge in [0.25, 0.3) is 5.91 Å². The Balaban J connectivity index is 1.96. The second-order valence-electron chi connectivity index (χ2n) is 4.19. The monoisotopic (exact) mass is 235 g/mol. The van der Waals surface area contributed by atoms with Crippen LogP contribution in [0.1, 0.15) is 18.5 Å². The van der Waals surface area contributed by atoms with Crippen molar-refractivity contribution >= 4 is 11.6 Å². The Morgan fingerprint density at radius 3 is 3.12 bits per heavy atom. The maximum atomic E-state index is 11.9. The molecule has 2 heterocycles. The minimum absolute atomic E-state index is 0.0146. The van der Waals surface area contributed by atoms with E-state index in [1.54, 1.807) is 12.3 Å². The number of amides is 1. The Kier molecular flexibility index (Phi) is 3.71. The quantitative estimate of drug-likeness (QED) is 0.813. The molecule has 1 aliphatic rings. The van der Waals surface area contributed by atoms with Crippen molar-refractivity contribution in [3.05, 3.63) is 24.0 Å². The van der Waals surface area contributed by atoms with Crippen molar-refractivity contribution in [3.63, 3.8) is 0 Å². The molecule has 0 bridgehead atoms. The van der Waals surface area contributed by atoms with Gasteiger partial charge in [-0.1, -0.05) is 0 Å². The number of hydrogen-bond donors (Lipinski definition) is 2. The second-order valence-corrected chi connectivity index (χ2v) is 4.19. The van der Waals surface area contributed by atoms with E-state index in [4.69, 9.17) is 10.5 Å². The van der Waals surface area contributed by atoms with Gasteiger partial charge in [-0.2, -0.15) is 0 Å². The Hall–Kier alpha value is -1.46. The summed E-state index contributed by atoms with van der Waals surface area (Å²) in [4.78, 5) is 16.0. The van der Waals surface area contributed by atoms with Crippen LogP contribution in [0.25, 0.3) is 0 Å². The number of aromatic nitrogens is 1. The number of aryl methyl sites for hydroxylation is 1. The molecular formula is C12H17N3O2. The van der Waals surface area contributed by atoms with Crippen LogP contribution in [0.5, 0.6) is 0 Å². The predicted molar refractivity (Wildman–Crippen MR) is 64.6 cm³/mol. The first-order chi connectivity index (χ1) is 8.20. The molecule has 3 N–H and O–H groups in total. The normalized spacial score (nSPS) is 23.6. The first-order valence-corrected chi connectivity index (χ1v) is 5.78. The van der Waals surface area contributed by atoms with Crippen LogP contribution in [0.2, 0.25) is 0 Å². The summed E-state index contributed by atoms with van der Waals surface area (Å²) in [5.74, 6) is -0.114. The zero-order valence-electron chi connectivity index (χ0n) is 9.85. The maximum Gasteiger partial charge on any atom is 0.253 e. The molecule has 0 spiro atoms. The third-order valence-electron chi connectivity index (χ3n) is 2.93. The van der Waals surface area contributed by atoms with Crippen LogP contribution in [0.4, 0.5) is 5.69 Å². The molecule has 1 amide bonds. The van der Waals surface area contributed by atoms with Gasteiger partial charge in [-0.15, -0.1) is 0 Å². The van der Waals surface area contributed by atoms with E-state index in [2.05, 4.69) is 10.3 Å². The van der Waals surface area contributed by atoms with Gasteiger partial charge in [-0.3, -0.25) is 9.78 Å². The molecule has 2 atom stereocenters. The zero-order valence-corrected chi connectivity index (χ0v) is 9.85. The van der Waals surface area contributed by atoms with E-state index >= 15 is 0 Å². The molecule has 5 nitrogen and oxygen atoms in total. The molecule has 92 valence electrons. The van der Waals surface area contributed by atoms with Crippen molar-refractivity contribution in [1.82, 2.24) is 4.98 Å². The highest BCUT2D eigenvalue weighted by Gasteiger charge is 2.29. The highest BCUT2D eigenvalue weighted by atomic mass is 16.5. The molecule has 1 aliphatic heterocycles. The lowest BCUT2D eigenvalue weighted by atomic mass is 10.2. The topological polar surface area (TPSA) is 77.2 Å². The molecule has 0 saturated carbocycles. The second kappa shape index (κ2) is 5.25. The van der Waals surface area contributed by atoms with E-state index in [1.807, 2.05) is 13.0 Å². The summed E-state index contributed by atoms with van der Waals surface area (Å²) in [5.41, 5.74) is 7.04. The van der Waals surface area contributed by atoms with Gasteiger partial charge in [0, 0.05) is 12.7 Å². The van der Waals surface area contributed by atoms with Crippen molar-refractivity contribution in [2.75, 3.05) is 11.9 Å². The Bertz CT molecular complexity index is 408. The van der Waals surface area contributed by atoms with Gasteiger partial charge in [0.15, 0.2) is 0 Å². The van der Waals surface area contributed by atoms with E-state index < -0.39 is 0 Å². The van der Waals surface area contributed by atoms with Crippen LogP contribution in [-0.2, 0) is 9.53 Å². The first kappa shape index (κ1) is 12.0. The third kappa shape index (κ3) is 2.81. The fourth-order valence-corrected chi connectivity index (χ4v) is 1.90. The number of nitrogens with zero attached hydrogens (tertiary/aromatic N) is 1. The molecule has 5 heteroatoms. The minimum Gasteiger partial charge on any atom is -0.364 e. The number of nitrogens with two attached hydrogens (primary N) is 1. The fraction of sp³-hybridized carbons (Fsp3) is 0.500. The number of carbonyl (C=O) groups excluding carboxylic acids is 1. The lowest BCUT2D eigenvalue weighted by molar-refractivity contribution is -0.126. The predicted octanol–water partition coefficient (Wildman–Crippen LogP) is 0.835. The van der Waals surface area contributed by atoms with E-state index in [-0.39, 0.29) is 18.1 Å². The van der Waals surface area contributed by atoms with E-state index in [0.29, 0.717) is 6.54 Å². The average Bonchev–Trinajstić information content (AvgIpc) is 2.81. The van der Waals surface area contributed by atoms with Crippen LogP contribution in [0, 0.1) is 6.92 Å². The van der Waals surface area contributed by atoms with Gasteiger partial charge in [0.05, 0.1) is 17.5 Å². The summed E-state index contributed by atoms with van der Waals surface area (Å²) in [6.07, 6.45) is 2.90. The Labute approximate surface area is 100 Å². The molecule has 1 fully saturated rings. The highest BCUT2D eigenvalue weighted by molar-refractivity contribution is 5.94. The summed E-state index contributed by atoms with van der Waals surface area (Å²) < 4.78 is 5.53. The van der Waals surface area contributed by atoms with Crippen molar-refractivity contribution in [2.45, 2.75) is 32.0 Å². The van der Waals surface area contributed by atoms with E-state index in [9.17, 15) is 4.79 Å². The molecule has 0 aromatic carbocycles. The Morgan fingerprint density at radius 2 is 2.47 bits per heavy atom. The SMILES string of the molecule is Cc1ncccc1NC(=O)[C@@H]1CC[C@H](CN)O1. The van der Waals surface area contributed by atoms with Crippen molar-refractivity contribution in [1.29, 1.82) is 0 Å². The average molecular weight is 235 g/mol. The number of hydrogen-bond acceptors (Lipinski definition) is 4. The number of anilines is 1. The number of pyridine rings is 1. The van der Waals surface area contributed by atoms with Gasteiger partial charge in [0.2, 0.25) is 0 Å². The van der Waals surface area contributed by atoms with Crippen LogP contribution in [0.3, 0.4) is 0 Å². The van der Waals surface area contributed by atoms with Crippen molar-refractivity contribution in [3.8, 4) is 0 Å². The largest absolute Gasteiger partial charge is 0.364 e. The Morgan fingerprint density at radius 1 is 1.65 bits per heavy atom. The van der Waals surface area contributed by atoms with Crippen LogP contribution in [0.15, 0.2) is 18.3 Å². The van der Waals surface area contributed by atoms with Crippen LogP contribution in [-0.4, -0.2) is 29.6 Å². The van der Waals surface area contributed by atoms with Gasteiger partial charge in [0.1, 0.15) is 6.10 Å². The molecule has 0 aliphatic carbocycles. The lowest BCUT2D eigenvalue weighted by Gasteiger charge is -2.13. The van der Waals surface area contributed by atoms with Crippen molar-refractivity contribution < 1.29 is 9.53 Å². The number of carbonyl (C=O) groups is 1. The summed E-state index contributed by atoms with van der Waals surface area (Å²) in [6.45, 7) is 2.32. The highest BCUT2D eigenvalue weighted by Crippen LogP contribution is 2.21. The number of rotatable bonds is 3. The molecule has 0 radical (unpaired) electrons. The first-order valence-electron chi connectivity index (χ1n) is 5.78. The molecule has 1 saturated heterocycles. The molecular weight excluding hydrogens is 218 g/mol. The summed E-state index contributed by atoms with van der Waals surface area (Å²) in [6, 6.07) is 3.62. The van der Waals surface area contributed by atoms with Gasteiger partial charge in [-0.05, 0) is 31.9 Å². The minimum atomic E-state index is -0.386. The molecule has 1 aromatic heterocycles. The lowest BCUT2D eigenvalue weighted by Crippen LogP contribution is -2.30. The zero-order chi connectivity index (χ0) is 12.3. The summed E-state index contributed by atoms with van der Waals surface area (Å²) in [7, 11) is 0. The molecule has 17 heavy (non-hydrogen) atoms. The van der Waals surface area contributed by atoms with Gasteiger partial charge in [-0.25, -0.2) is 0 Å². The molecule has 0 unspecified atom stereocenters. The summed E-state index contributed by atoms with van der Waals surface area (Å²) >= 11 is 0. The fourth-order valence-electron chi connectivity index (χ4n) is 1.90. The van der Waals surface area contributed by atoms with Crippen molar-refractivity contribution in [2.24, 2.45) is 5.73 Å². The molecule has 1 aromatic rings. The summed E-state index contributed by atoms with van der Waals surface area (Å²) in [5, 5.41) is 2.83.